The summed E-state index contributed by atoms with van der Waals surface area (Å²) in [6.45, 7) is 0. The summed E-state index contributed by atoms with van der Waals surface area (Å²) >= 11 is -0.169. The van der Waals surface area contributed by atoms with Crippen LogP contribution in [0.3, 0.4) is 0 Å². The lowest BCUT2D eigenvalue weighted by atomic mass is 10.2. The zero-order chi connectivity index (χ0) is 11.5. The molecule has 0 saturated carbocycles. The molecule has 0 heterocycles. The molecule has 0 aliphatic heterocycles. The van der Waals surface area contributed by atoms with Gasteiger partial charge >= 0.3 is 5.51 Å². The van der Waals surface area contributed by atoms with Gasteiger partial charge in [0.2, 0.25) is 0 Å². The second-order valence-electron chi connectivity index (χ2n) is 2.66. The highest BCUT2D eigenvalue weighted by molar-refractivity contribution is 7.99. The predicted molar refractivity (Wildman–Crippen MR) is 50.4 cm³/mol. The van der Waals surface area contributed by atoms with E-state index in [0.717, 1.165) is 0 Å². The molecule has 0 aromatic heterocycles. The Morgan fingerprint density at radius 3 is 2.20 bits per heavy atom. The molecule has 7 heteroatoms. The van der Waals surface area contributed by atoms with Gasteiger partial charge in [0.1, 0.15) is 0 Å². The summed E-state index contributed by atoms with van der Waals surface area (Å²) in [6, 6.07) is 5.01. The van der Waals surface area contributed by atoms with Gasteiger partial charge in [-0.15, -0.1) is 0 Å². The number of non-ortho nitro benzene ring substituents is 1. The molecular formula is C8H6F3NO2S. The van der Waals surface area contributed by atoms with Crippen molar-refractivity contribution in [2.45, 2.75) is 11.3 Å². The van der Waals surface area contributed by atoms with Gasteiger partial charge in [0.25, 0.3) is 5.69 Å². The number of rotatable bonds is 3. The molecule has 0 fully saturated rings. The minimum atomic E-state index is -4.28. The lowest BCUT2D eigenvalue weighted by Crippen LogP contribution is -2.00. The first-order chi connectivity index (χ1) is 6.88. The summed E-state index contributed by atoms with van der Waals surface area (Å²) in [5, 5.41) is 10.2. The summed E-state index contributed by atoms with van der Waals surface area (Å²) in [7, 11) is 0. The third-order valence-electron chi connectivity index (χ3n) is 1.55. The number of nitro groups is 1. The van der Waals surface area contributed by atoms with Crippen molar-refractivity contribution in [3.05, 3.63) is 39.9 Å². The molecule has 15 heavy (non-hydrogen) atoms. The van der Waals surface area contributed by atoms with Crippen molar-refractivity contribution >= 4 is 17.4 Å². The molecule has 0 atom stereocenters. The molecule has 0 bridgehead atoms. The van der Waals surface area contributed by atoms with E-state index in [1.165, 1.54) is 24.3 Å². The summed E-state index contributed by atoms with van der Waals surface area (Å²) in [6.07, 6.45) is 0. The number of thioether (sulfide) groups is 1. The van der Waals surface area contributed by atoms with Crippen LogP contribution in [0.1, 0.15) is 5.56 Å². The van der Waals surface area contributed by atoms with Gasteiger partial charge in [-0.25, -0.2) is 0 Å². The fourth-order valence-corrected chi connectivity index (χ4v) is 1.40. The van der Waals surface area contributed by atoms with Gasteiger partial charge in [0.15, 0.2) is 0 Å². The number of alkyl halides is 3. The van der Waals surface area contributed by atoms with E-state index in [1.807, 2.05) is 0 Å². The van der Waals surface area contributed by atoms with Crippen LogP contribution in [0.15, 0.2) is 24.3 Å². The summed E-state index contributed by atoms with van der Waals surface area (Å²) in [5.74, 6) is -0.235. The largest absolute Gasteiger partial charge is 0.442 e. The fourth-order valence-electron chi connectivity index (χ4n) is 0.879. The maximum absolute atomic E-state index is 11.8. The standard InChI is InChI=1S/C8H6F3NO2S/c9-8(10,11)15-5-6-1-3-7(4-2-6)12(13)14/h1-4H,5H2. The zero-order valence-corrected chi connectivity index (χ0v) is 8.14. The van der Waals surface area contributed by atoms with Crippen molar-refractivity contribution in [1.29, 1.82) is 0 Å². The minimum Gasteiger partial charge on any atom is -0.258 e. The van der Waals surface area contributed by atoms with E-state index in [9.17, 15) is 23.3 Å². The number of benzene rings is 1. The molecule has 82 valence electrons. The molecule has 0 amide bonds. The molecule has 0 radical (unpaired) electrons. The van der Waals surface area contributed by atoms with Crippen LogP contribution in [0.25, 0.3) is 0 Å². The van der Waals surface area contributed by atoms with Crippen LogP contribution in [0.4, 0.5) is 18.9 Å². The third kappa shape index (κ3) is 4.20. The predicted octanol–water partition coefficient (Wildman–Crippen LogP) is 3.35. The van der Waals surface area contributed by atoms with Crippen molar-refractivity contribution in [3.63, 3.8) is 0 Å². The molecule has 1 aromatic rings. The summed E-state index contributed by atoms with van der Waals surface area (Å²) in [4.78, 5) is 9.65. The van der Waals surface area contributed by atoms with Crippen LogP contribution < -0.4 is 0 Å². The van der Waals surface area contributed by atoms with Crippen molar-refractivity contribution in [2.75, 3.05) is 0 Å². The Hall–Kier alpha value is -1.24. The van der Waals surface area contributed by atoms with E-state index in [4.69, 9.17) is 0 Å². The van der Waals surface area contributed by atoms with Gasteiger partial charge in [-0.05, 0) is 17.3 Å². The van der Waals surface area contributed by atoms with Crippen molar-refractivity contribution < 1.29 is 18.1 Å². The monoisotopic (exact) mass is 237 g/mol. The van der Waals surface area contributed by atoms with Crippen molar-refractivity contribution in [1.82, 2.24) is 0 Å². The SMILES string of the molecule is O=[N+]([O-])c1ccc(CSC(F)(F)F)cc1. The highest BCUT2D eigenvalue weighted by atomic mass is 32.2. The zero-order valence-electron chi connectivity index (χ0n) is 7.32. The van der Waals surface area contributed by atoms with E-state index in [0.29, 0.717) is 5.56 Å². The van der Waals surface area contributed by atoms with E-state index in [-0.39, 0.29) is 23.2 Å². The van der Waals surface area contributed by atoms with E-state index in [1.54, 1.807) is 0 Å². The molecule has 1 rings (SSSR count). The highest BCUT2D eigenvalue weighted by Crippen LogP contribution is 2.33. The highest BCUT2D eigenvalue weighted by Gasteiger charge is 2.27. The Labute approximate surface area is 87.4 Å². The van der Waals surface area contributed by atoms with Crippen LogP contribution in [-0.2, 0) is 5.75 Å². The van der Waals surface area contributed by atoms with Gasteiger partial charge < -0.3 is 0 Å². The second-order valence-corrected chi connectivity index (χ2v) is 3.70. The number of nitro benzene ring substituents is 1. The molecule has 3 nitrogen and oxygen atoms in total. The van der Waals surface area contributed by atoms with Crippen LogP contribution >= 0.6 is 11.8 Å². The van der Waals surface area contributed by atoms with E-state index in [2.05, 4.69) is 0 Å². The molecule has 0 N–H and O–H groups in total. The van der Waals surface area contributed by atoms with Gasteiger partial charge in [-0.2, -0.15) is 13.2 Å². The van der Waals surface area contributed by atoms with Gasteiger partial charge in [0, 0.05) is 17.9 Å². The quantitative estimate of drug-likeness (QED) is 0.598. The summed E-state index contributed by atoms with van der Waals surface area (Å²) in [5.41, 5.74) is -4.00. The maximum Gasteiger partial charge on any atom is 0.442 e. The van der Waals surface area contributed by atoms with E-state index >= 15 is 0 Å². The summed E-state index contributed by atoms with van der Waals surface area (Å²) < 4.78 is 35.4. The lowest BCUT2D eigenvalue weighted by Gasteiger charge is -2.04. The molecule has 0 spiro atoms. The molecule has 0 aliphatic rings. The van der Waals surface area contributed by atoms with Gasteiger partial charge in [0.05, 0.1) is 4.92 Å². The number of nitrogens with zero attached hydrogens (tertiary/aromatic N) is 1. The first kappa shape index (κ1) is 11.8. The van der Waals surface area contributed by atoms with Crippen LogP contribution in [0, 0.1) is 10.1 Å². The minimum absolute atomic E-state index is 0.129. The number of hydrogen-bond donors (Lipinski definition) is 0. The van der Waals surface area contributed by atoms with Crippen molar-refractivity contribution in [2.24, 2.45) is 0 Å². The molecule has 1 aromatic carbocycles. The average molecular weight is 237 g/mol. The maximum atomic E-state index is 11.8. The number of hydrogen-bond acceptors (Lipinski definition) is 3. The normalized spacial score (nSPS) is 11.4. The van der Waals surface area contributed by atoms with E-state index < -0.39 is 10.4 Å². The Bertz CT molecular complexity index is 350. The molecule has 0 aliphatic carbocycles. The van der Waals surface area contributed by atoms with Crippen LogP contribution in [0.5, 0.6) is 0 Å². The van der Waals surface area contributed by atoms with Crippen LogP contribution in [0.2, 0.25) is 0 Å². The molecular weight excluding hydrogens is 231 g/mol. The molecule has 0 unspecified atom stereocenters. The topological polar surface area (TPSA) is 43.1 Å². The second kappa shape index (κ2) is 4.52. The Morgan fingerprint density at radius 2 is 1.80 bits per heavy atom. The van der Waals surface area contributed by atoms with Gasteiger partial charge in [-0.3, -0.25) is 10.1 Å². The number of halogens is 3. The van der Waals surface area contributed by atoms with Crippen LogP contribution in [-0.4, -0.2) is 10.4 Å². The fraction of sp³-hybridized carbons (Fsp3) is 0.250. The first-order valence-electron chi connectivity index (χ1n) is 3.82. The Kier molecular flexibility index (Phi) is 3.57. The smallest absolute Gasteiger partial charge is 0.258 e. The van der Waals surface area contributed by atoms with Crippen molar-refractivity contribution in [3.8, 4) is 0 Å². The van der Waals surface area contributed by atoms with Gasteiger partial charge in [-0.1, -0.05) is 12.1 Å². The molecule has 0 saturated heterocycles. The Morgan fingerprint density at radius 1 is 1.27 bits per heavy atom. The first-order valence-corrected chi connectivity index (χ1v) is 4.81. The average Bonchev–Trinajstić information content (AvgIpc) is 2.14. The third-order valence-corrected chi connectivity index (χ3v) is 2.35. The lowest BCUT2D eigenvalue weighted by molar-refractivity contribution is -0.384. The Balaban J connectivity index is 2.61.